The van der Waals surface area contributed by atoms with Gasteiger partial charge in [-0.2, -0.15) is 0 Å². The van der Waals surface area contributed by atoms with Crippen LogP contribution in [0.3, 0.4) is 0 Å². The van der Waals surface area contributed by atoms with Gasteiger partial charge in [0, 0.05) is 51.6 Å². The molecule has 0 radical (unpaired) electrons. The second-order valence-corrected chi connectivity index (χ2v) is 7.03. The second kappa shape index (κ2) is 8.31. The number of benzene rings is 2. The number of carbonyl (C=O) groups excluding carboxylic acids is 1. The number of ketones is 1. The normalized spacial score (nSPS) is 17.1. The van der Waals surface area contributed by atoms with Crippen molar-refractivity contribution in [3.63, 3.8) is 0 Å². The minimum atomic E-state index is -0.936. The fraction of sp³-hybridized carbons (Fsp3) is 0.333. The molecule has 28 heavy (non-hydrogen) atoms. The van der Waals surface area contributed by atoms with Gasteiger partial charge in [0.2, 0.25) is 0 Å². The molecule has 1 fully saturated rings. The average Bonchev–Trinajstić information content (AvgIpc) is 2.70. The van der Waals surface area contributed by atoms with Crippen molar-refractivity contribution in [1.82, 2.24) is 15.1 Å². The van der Waals surface area contributed by atoms with Crippen LogP contribution >= 0.6 is 0 Å². The van der Waals surface area contributed by atoms with Crippen molar-refractivity contribution in [3.8, 4) is 5.75 Å². The third-order valence-electron chi connectivity index (χ3n) is 4.82. The third-order valence-corrected chi connectivity index (χ3v) is 4.82. The van der Waals surface area contributed by atoms with E-state index in [1.165, 1.54) is 11.0 Å². The largest absolute Gasteiger partial charge is 0.497 e. The van der Waals surface area contributed by atoms with E-state index in [1.807, 2.05) is 44.4 Å². The number of hydrogen-bond donors (Lipinski definition) is 2. The van der Waals surface area contributed by atoms with Gasteiger partial charge in [-0.15, -0.1) is 0 Å². The first kappa shape index (κ1) is 19.7. The molecule has 2 N–H and O–H groups in total. The zero-order chi connectivity index (χ0) is 20.3. The molecule has 1 atom stereocenters. The summed E-state index contributed by atoms with van der Waals surface area (Å²) in [6.45, 7) is 1.32. The van der Waals surface area contributed by atoms with E-state index in [4.69, 9.17) is 4.74 Å². The molecule has 2 aromatic rings. The van der Waals surface area contributed by atoms with E-state index in [-0.39, 0.29) is 11.8 Å². The minimum Gasteiger partial charge on any atom is -0.497 e. The highest BCUT2D eigenvalue weighted by atomic mass is 16.5. The number of carbonyl (C=O) groups is 2. The number of ether oxygens (including phenoxy) is 1. The highest BCUT2D eigenvalue weighted by Gasteiger charge is 2.26. The molecular weight excluding hydrogens is 358 g/mol. The summed E-state index contributed by atoms with van der Waals surface area (Å²) in [6, 6.07) is 9.21. The van der Waals surface area contributed by atoms with Crippen LogP contribution in [0.5, 0.6) is 5.75 Å². The molecule has 148 valence electrons. The van der Waals surface area contributed by atoms with Crippen molar-refractivity contribution < 1.29 is 19.4 Å². The number of methoxy groups -OCH3 is 1. The zero-order valence-corrected chi connectivity index (χ0v) is 16.3. The van der Waals surface area contributed by atoms with Crippen LogP contribution < -0.4 is 10.1 Å². The van der Waals surface area contributed by atoms with Crippen molar-refractivity contribution in [2.24, 2.45) is 0 Å². The maximum atomic E-state index is 12.7. The first-order chi connectivity index (χ1) is 13.4. The van der Waals surface area contributed by atoms with E-state index in [2.05, 4.69) is 5.32 Å². The number of rotatable bonds is 5. The van der Waals surface area contributed by atoms with Crippen molar-refractivity contribution in [3.05, 3.63) is 53.7 Å². The smallest absolute Gasteiger partial charge is 0.407 e. The Morgan fingerprint density at radius 3 is 2.75 bits per heavy atom. The van der Waals surface area contributed by atoms with Crippen molar-refractivity contribution in [2.45, 2.75) is 6.04 Å². The van der Waals surface area contributed by atoms with E-state index < -0.39 is 6.09 Å². The zero-order valence-electron chi connectivity index (χ0n) is 16.3. The Balaban J connectivity index is 2.09. The molecule has 1 aliphatic heterocycles. The van der Waals surface area contributed by atoms with Gasteiger partial charge in [-0.25, -0.2) is 4.79 Å². The van der Waals surface area contributed by atoms with E-state index in [0.717, 1.165) is 16.3 Å². The van der Waals surface area contributed by atoms with E-state index in [9.17, 15) is 14.7 Å². The number of piperazine rings is 1. The Labute approximate surface area is 164 Å². The Hall–Kier alpha value is -3.06. The summed E-state index contributed by atoms with van der Waals surface area (Å²) in [6.07, 6.45) is 2.31. The summed E-state index contributed by atoms with van der Waals surface area (Å²) >= 11 is 0. The van der Waals surface area contributed by atoms with Crippen LogP contribution in [0.1, 0.15) is 22.0 Å². The Bertz CT molecular complexity index is 923. The third kappa shape index (κ3) is 4.26. The predicted octanol–water partition coefficient (Wildman–Crippen LogP) is 2.73. The van der Waals surface area contributed by atoms with Gasteiger partial charge in [0.15, 0.2) is 5.78 Å². The molecule has 2 aromatic carbocycles. The molecule has 7 heteroatoms. The molecule has 3 rings (SSSR count). The number of hydrogen-bond acceptors (Lipinski definition) is 5. The molecule has 0 spiro atoms. The topological polar surface area (TPSA) is 82.1 Å². The van der Waals surface area contributed by atoms with Crippen LogP contribution in [0.15, 0.2) is 42.6 Å². The van der Waals surface area contributed by atoms with Crippen LogP contribution in [0, 0.1) is 0 Å². The van der Waals surface area contributed by atoms with Gasteiger partial charge >= 0.3 is 6.09 Å². The summed E-state index contributed by atoms with van der Waals surface area (Å²) in [5, 5.41) is 14.6. The Morgan fingerprint density at radius 1 is 1.29 bits per heavy atom. The summed E-state index contributed by atoms with van der Waals surface area (Å²) in [5.74, 6) is 0.616. The van der Waals surface area contributed by atoms with E-state index in [0.29, 0.717) is 30.9 Å². The number of amides is 1. The van der Waals surface area contributed by atoms with Crippen molar-refractivity contribution in [1.29, 1.82) is 0 Å². The molecule has 0 aliphatic carbocycles. The molecular formula is C21H25N3O4. The summed E-state index contributed by atoms with van der Waals surface area (Å²) in [7, 11) is 5.32. The molecule has 1 amide bonds. The van der Waals surface area contributed by atoms with Crippen molar-refractivity contribution in [2.75, 3.05) is 40.8 Å². The van der Waals surface area contributed by atoms with E-state index in [1.54, 1.807) is 18.2 Å². The molecule has 1 unspecified atom stereocenters. The average molecular weight is 383 g/mol. The molecule has 0 saturated carbocycles. The van der Waals surface area contributed by atoms with Gasteiger partial charge in [-0.05, 0) is 40.6 Å². The number of nitrogens with one attached hydrogen (secondary N) is 1. The van der Waals surface area contributed by atoms with Crippen LogP contribution in [0.2, 0.25) is 0 Å². The van der Waals surface area contributed by atoms with Gasteiger partial charge in [-0.1, -0.05) is 6.07 Å². The summed E-state index contributed by atoms with van der Waals surface area (Å²) in [5.41, 5.74) is 1.46. The molecule has 1 saturated heterocycles. The van der Waals surface area contributed by atoms with Gasteiger partial charge in [0.05, 0.1) is 13.2 Å². The highest BCUT2D eigenvalue weighted by Crippen LogP contribution is 2.31. The number of carboxylic acid groups (broad SMARTS) is 1. The lowest BCUT2D eigenvalue weighted by atomic mass is 9.93. The standard InChI is InChI=1S/C21H25N3O4/c1-23(2)8-6-20(25)15-10-14-4-5-16(28-3)12-17(14)18(11-15)19-13-24(21(26)27)9-7-22-19/h4-6,8,10-12,19,22H,7,9,13H2,1-3H3,(H,26,27). The Kier molecular flexibility index (Phi) is 5.84. The molecule has 0 bridgehead atoms. The monoisotopic (exact) mass is 383 g/mol. The van der Waals surface area contributed by atoms with Gasteiger partial charge < -0.3 is 25.0 Å². The molecule has 1 heterocycles. The second-order valence-electron chi connectivity index (χ2n) is 7.03. The quantitative estimate of drug-likeness (QED) is 0.610. The molecule has 7 nitrogen and oxygen atoms in total. The fourth-order valence-electron chi connectivity index (χ4n) is 3.37. The maximum Gasteiger partial charge on any atom is 0.407 e. The fourth-order valence-corrected chi connectivity index (χ4v) is 3.37. The number of fused-ring (bicyclic) bond motifs is 1. The first-order valence-corrected chi connectivity index (χ1v) is 9.11. The molecule has 0 aromatic heterocycles. The predicted molar refractivity (Wildman–Crippen MR) is 108 cm³/mol. The highest BCUT2D eigenvalue weighted by molar-refractivity contribution is 6.07. The van der Waals surface area contributed by atoms with Gasteiger partial charge in [0.1, 0.15) is 5.75 Å². The minimum absolute atomic E-state index is 0.0985. The lowest BCUT2D eigenvalue weighted by molar-refractivity contribution is 0.104. The summed E-state index contributed by atoms with van der Waals surface area (Å²) < 4.78 is 5.36. The van der Waals surface area contributed by atoms with Gasteiger partial charge in [0.25, 0.3) is 0 Å². The SMILES string of the molecule is COc1ccc2cc(C(=O)C=CN(C)C)cc(C3CN(C(=O)O)CCN3)c2c1. The van der Waals surface area contributed by atoms with Crippen LogP contribution in [-0.2, 0) is 0 Å². The first-order valence-electron chi connectivity index (χ1n) is 9.11. The lowest BCUT2D eigenvalue weighted by Crippen LogP contribution is -2.47. The number of allylic oxidation sites excluding steroid dienone is 1. The maximum absolute atomic E-state index is 12.7. The number of nitrogens with zero attached hydrogens (tertiary/aromatic N) is 2. The molecule has 1 aliphatic rings. The van der Waals surface area contributed by atoms with Crippen molar-refractivity contribution >= 4 is 22.6 Å². The van der Waals surface area contributed by atoms with E-state index >= 15 is 0 Å². The summed E-state index contributed by atoms with van der Waals surface area (Å²) in [4.78, 5) is 27.3. The van der Waals surface area contributed by atoms with Crippen LogP contribution in [0.25, 0.3) is 10.8 Å². The lowest BCUT2D eigenvalue weighted by Gasteiger charge is -2.33. The van der Waals surface area contributed by atoms with Crippen LogP contribution in [-0.4, -0.2) is 67.6 Å². The Morgan fingerprint density at radius 2 is 2.07 bits per heavy atom. The van der Waals surface area contributed by atoms with Gasteiger partial charge in [-0.3, -0.25) is 4.79 Å². The van der Waals surface area contributed by atoms with Crippen LogP contribution in [0.4, 0.5) is 4.79 Å².